The Morgan fingerprint density at radius 2 is 1.50 bits per heavy atom. The van der Waals surface area contributed by atoms with Gasteiger partial charge in [0, 0.05) is 12.5 Å². The van der Waals surface area contributed by atoms with Gasteiger partial charge >= 0.3 is 5.97 Å². The van der Waals surface area contributed by atoms with Crippen molar-refractivity contribution < 1.29 is 28.3 Å². The first-order valence-corrected chi connectivity index (χ1v) is 7.03. The molecule has 0 bridgehead atoms. The molecule has 3 rings (SSSR count). The number of fused-ring (bicyclic) bond motifs is 1. The van der Waals surface area contributed by atoms with Crippen LogP contribution in [-0.2, 0) is 11.2 Å². The van der Waals surface area contributed by atoms with Gasteiger partial charge in [-0.3, -0.25) is 14.5 Å². The first-order valence-electron chi connectivity index (χ1n) is 7.03. The molecule has 0 spiro atoms. The molecule has 0 radical (unpaired) electrons. The lowest BCUT2D eigenvalue weighted by Crippen LogP contribution is -2.46. The van der Waals surface area contributed by atoms with E-state index in [1.807, 2.05) is 0 Å². The minimum absolute atomic E-state index is 0.0384. The van der Waals surface area contributed by atoms with Crippen LogP contribution in [0.1, 0.15) is 26.3 Å². The third-order valence-electron chi connectivity index (χ3n) is 3.77. The van der Waals surface area contributed by atoms with Crippen LogP contribution < -0.4 is 0 Å². The fourth-order valence-corrected chi connectivity index (χ4v) is 2.73. The number of aliphatic carboxylic acids is 1. The van der Waals surface area contributed by atoms with Gasteiger partial charge in [-0.15, -0.1) is 0 Å². The molecule has 1 aliphatic heterocycles. The number of rotatable bonds is 4. The standard InChI is InChI=1S/C17H11F2NO4/c18-10-5-9(6-11(19)8-10)7-14(17(23)24)20-15(21)12-3-1-2-4-13(12)16(20)22/h1-6,8,14H,7H2,(H,23,24)/t14-/m0/s1. The number of carbonyl (C=O) groups excluding carboxylic acids is 2. The van der Waals surface area contributed by atoms with Gasteiger partial charge < -0.3 is 5.11 Å². The number of hydrogen-bond acceptors (Lipinski definition) is 3. The second kappa shape index (κ2) is 5.84. The van der Waals surface area contributed by atoms with E-state index in [1.165, 1.54) is 12.1 Å². The van der Waals surface area contributed by atoms with Crippen LogP contribution in [0.4, 0.5) is 8.78 Å². The normalized spacial score (nSPS) is 14.7. The molecule has 0 fully saturated rings. The topological polar surface area (TPSA) is 74.7 Å². The first-order chi connectivity index (χ1) is 11.4. The summed E-state index contributed by atoms with van der Waals surface area (Å²) in [5.41, 5.74) is 0.259. The maximum Gasteiger partial charge on any atom is 0.327 e. The number of halogens is 2. The quantitative estimate of drug-likeness (QED) is 0.872. The van der Waals surface area contributed by atoms with Crippen molar-refractivity contribution in [3.05, 3.63) is 70.8 Å². The number of amides is 2. The van der Waals surface area contributed by atoms with Gasteiger partial charge in [-0.1, -0.05) is 12.1 Å². The Morgan fingerprint density at radius 3 is 1.96 bits per heavy atom. The average molecular weight is 331 g/mol. The predicted octanol–water partition coefficient (Wildman–Crippen LogP) is 2.26. The molecule has 0 saturated carbocycles. The van der Waals surface area contributed by atoms with E-state index >= 15 is 0 Å². The summed E-state index contributed by atoms with van der Waals surface area (Å²) in [4.78, 5) is 36.9. The summed E-state index contributed by atoms with van der Waals surface area (Å²) in [5, 5.41) is 9.41. The first kappa shape index (κ1) is 15.8. The van der Waals surface area contributed by atoms with Crippen LogP contribution in [0.5, 0.6) is 0 Å². The monoisotopic (exact) mass is 331 g/mol. The van der Waals surface area contributed by atoms with Crippen molar-refractivity contribution in [2.45, 2.75) is 12.5 Å². The van der Waals surface area contributed by atoms with Gasteiger partial charge in [-0.25, -0.2) is 13.6 Å². The van der Waals surface area contributed by atoms with E-state index in [2.05, 4.69) is 0 Å². The van der Waals surface area contributed by atoms with Crippen molar-refractivity contribution in [1.82, 2.24) is 4.90 Å². The molecular formula is C17H11F2NO4. The summed E-state index contributed by atoms with van der Waals surface area (Å²) >= 11 is 0. The molecule has 0 aliphatic carbocycles. The summed E-state index contributed by atoms with van der Waals surface area (Å²) in [7, 11) is 0. The van der Waals surface area contributed by atoms with Crippen molar-refractivity contribution in [2.24, 2.45) is 0 Å². The van der Waals surface area contributed by atoms with Gasteiger partial charge in [-0.05, 0) is 29.8 Å². The molecule has 2 amide bonds. The zero-order chi connectivity index (χ0) is 17.4. The SMILES string of the molecule is O=C(O)[C@H](Cc1cc(F)cc(F)c1)N1C(=O)c2ccccc2C1=O. The number of carbonyl (C=O) groups is 3. The van der Waals surface area contributed by atoms with Crippen molar-refractivity contribution in [2.75, 3.05) is 0 Å². The van der Waals surface area contributed by atoms with Crippen LogP contribution in [0.3, 0.4) is 0 Å². The third-order valence-corrected chi connectivity index (χ3v) is 3.77. The summed E-state index contributed by atoms with van der Waals surface area (Å²) in [6, 6.07) is 7.01. The van der Waals surface area contributed by atoms with Crippen LogP contribution in [0.25, 0.3) is 0 Å². The Kier molecular flexibility index (Phi) is 3.84. The summed E-state index contributed by atoms with van der Waals surface area (Å²) in [5.74, 6) is -4.64. The number of imide groups is 1. The number of hydrogen-bond donors (Lipinski definition) is 1. The largest absolute Gasteiger partial charge is 0.480 e. The highest BCUT2D eigenvalue weighted by Crippen LogP contribution is 2.26. The summed E-state index contributed by atoms with van der Waals surface area (Å²) in [6.07, 6.45) is -0.393. The molecule has 24 heavy (non-hydrogen) atoms. The van der Waals surface area contributed by atoms with Gasteiger partial charge in [0.15, 0.2) is 0 Å². The fraction of sp³-hybridized carbons (Fsp3) is 0.118. The molecule has 0 unspecified atom stereocenters. The van der Waals surface area contributed by atoms with Crippen molar-refractivity contribution in [1.29, 1.82) is 0 Å². The van der Waals surface area contributed by atoms with Gasteiger partial charge in [0.2, 0.25) is 0 Å². The summed E-state index contributed by atoms with van der Waals surface area (Å²) < 4.78 is 26.6. The van der Waals surface area contributed by atoms with Crippen LogP contribution in [0, 0.1) is 11.6 Å². The Balaban J connectivity index is 1.97. The number of carboxylic acids is 1. The molecule has 1 aliphatic rings. The van der Waals surface area contributed by atoms with Gasteiger partial charge in [0.05, 0.1) is 11.1 Å². The molecule has 2 aromatic carbocycles. The highest BCUT2D eigenvalue weighted by molar-refractivity contribution is 6.22. The Morgan fingerprint density at radius 1 is 1.00 bits per heavy atom. The van der Waals surface area contributed by atoms with E-state index < -0.39 is 41.9 Å². The maximum absolute atomic E-state index is 13.3. The minimum Gasteiger partial charge on any atom is -0.480 e. The van der Waals surface area contributed by atoms with Crippen molar-refractivity contribution in [3.8, 4) is 0 Å². The molecule has 122 valence electrons. The predicted molar refractivity (Wildman–Crippen MR) is 78.4 cm³/mol. The van der Waals surface area contributed by atoms with Gasteiger partial charge in [-0.2, -0.15) is 0 Å². The molecule has 7 heteroatoms. The summed E-state index contributed by atoms with van der Waals surface area (Å²) in [6.45, 7) is 0. The van der Waals surface area contributed by atoms with E-state index in [-0.39, 0.29) is 16.7 Å². The molecule has 0 saturated heterocycles. The Bertz CT molecular complexity index is 810. The lowest BCUT2D eigenvalue weighted by atomic mass is 10.0. The van der Waals surface area contributed by atoms with Crippen LogP contribution >= 0.6 is 0 Å². The van der Waals surface area contributed by atoms with E-state index in [1.54, 1.807) is 12.1 Å². The van der Waals surface area contributed by atoms with Crippen molar-refractivity contribution in [3.63, 3.8) is 0 Å². The second-order valence-corrected chi connectivity index (χ2v) is 5.36. The molecule has 1 heterocycles. The van der Waals surface area contributed by atoms with Crippen molar-refractivity contribution >= 4 is 17.8 Å². The fourth-order valence-electron chi connectivity index (χ4n) is 2.73. The average Bonchev–Trinajstić information content (AvgIpc) is 2.76. The molecule has 1 N–H and O–H groups in total. The lowest BCUT2D eigenvalue weighted by Gasteiger charge is -2.22. The highest BCUT2D eigenvalue weighted by Gasteiger charge is 2.42. The van der Waals surface area contributed by atoms with E-state index in [0.717, 1.165) is 12.1 Å². The molecule has 2 aromatic rings. The number of nitrogens with zero attached hydrogens (tertiary/aromatic N) is 1. The number of carboxylic acid groups (broad SMARTS) is 1. The third kappa shape index (κ3) is 2.64. The van der Waals surface area contributed by atoms with Crippen LogP contribution in [0.15, 0.2) is 42.5 Å². The Hall–Kier alpha value is -3.09. The van der Waals surface area contributed by atoms with Gasteiger partial charge in [0.1, 0.15) is 17.7 Å². The Labute approximate surface area is 135 Å². The minimum atomic E-state index is -1.56. The molecule has 5 nitrogen and oxygen atoms in total. The van der Waals surface area contributed by atoms with E-state index in [4.69, 9.17) is 0 Å². The zero-order valence-corrected chi connectivity index (χ0v) is 12.2. The van der Waals surface area contributed by atoms with Gasteiger partial charge in [0.25, 0.3) is 11.8 Å². The number of benzene rings is 2. The molecule has 0 aromatic heterocycles. The maximum atomic E-state index is 13.3. The lowest BCUT2D eigenvalue weighted by molar-refractivity contribution is -0.141. The van der Waals surface area contributed by atoms with E-state index in [9.17, 15) is 28.3 Å². The van der Waals surface area contributed by atoms with E-state index in [0.29, 0.717) is 11.0 Å². The highest BCUT2D eigenvalue weighted by atomic mass is 19.1. The molecular weight excluding hydrogens is 320 g/mol. The zero-order valence-electron chi connectivity index (χ0n) is 12.2. The van der Waals surface area contributed by atoms with Crippen LogP contribution in [0.2, 0.25) is 0 Å². The second-order valence-electron chi connectivity index (χ2n) is 5.36. The smallest absolute Gasteiger partial charge is 0.327 e. The molecule has 1 atom stereocenters. The van der Waals surface area contributed by atoms with Crippen LogP contribution in [-0.4, -0.2) is 33.8 Å².